The second-order valence-corrected chi connectivity index (χ2v) is 12.8. The number of allylic oxidation sites excluding steroid dienone is 2. The molecule has 0 spiro atoms. The number of hydrogen-bond acceptors (Lipinski definition) is 11. The lowest BCUT2D eigenvalue weighted by Crippen LogP contribution is -2.56. The highest BCUT2D eigenvalue weighted by Crippen LogP contribution is 2.49. The van der Waals surface area contributed by atoms with Crippen molar-refractivity contribution in [3.05, 3.63) is 60.2 Å². The van der Waals surface area contributed by atoms with E-state index in [4.69, 9.17) is 18.9 Å². The Bertz CT molecular complexity index is 1390. The van der Waals surface area contributed by atoms with Gasteiger partial charge in [0.2, 0.25) is 6.10 Å². The van der Waals surface area contributed by atoms with Gasteiger partial charge in [-0.15, -0.1) is 0 Å². The average molecular weight is 641 g/mol. The van der Waals surface area contributed by atoms with Crippen molar-refractivity contribution in [3.63, 3.8) is 0 Å². The van der Waals surface area contributed by atoms with Gasteiger partial charge in [-0.2, -0.15) is 0 Å². The second kappa shape index (κ2) is 14.5. The summed E-state index contributed by atoms with van der Waals surface area (Å²) in [7, 11) is 0. The van der Waals surface area contributed by atoms with E-state index in [1.807, 2.05) is 0 Å². The standard InChI is InChI=1S/C35H44O11/c1-9-13-25(38)45-29-21(4)28(43-22(5)36)26-27(46-33(41)24-14-11-10-12-15-24)20(3)18-35(26,42)31(39)19(2)16-17-34(7,8)32(40)30(29)44-23(6)37/h10-12,14-17,19-20,26-30,42H,4,9,13,18H2,1-3,5-8H3/b17-16+/t19-,20-,26+,27-,28-,29-,30+,35+/m0/s1. The Morgan fingerprint density at radius 3 is 2.04 bits per heavy atom. The van der Waals surface area contributed by atoms with Gasteiger partial charge in [0.15, 0.2) is 17.7 Å². The highest BCUT2D eigenvalue weighted by Gasteiger charge is 2.63. The zero-order valence-corrected chi connectivity index (χ0v) is 27.4. The van der Waals surface area contributed by atoms with Crippen LogP contribution < -0.4 is 0 Å². The molecule has 0 radical (unpaired) electrons. The summed E-state index contributed by atoms with van der Waals surface area (Å²) >= 11 is 0. The first kappa shape index (κ1) is 36.3. The van der Waals surface area contributed by atoms with Gasteiger partial charge in [0, 0.05) is 37.2 Å². The first-order chi connectivity index (χ1) is 21.4. The van der Waals surface area contributed by atoms with Crippen LogP contribution in [0.5, 0.6) is 0 Å². The molecule has 1 N–H and O–H groups in total. The van der Waals surface area contributed by atoms with Gasteiger partial charge in [0.25, 0.3) is 0 Å². The van der Waals surface area contributed by atoms with E-state index in [0.717, 1.165) is 13.8 Å². The van der Waals surface area contributed by atoms with Crippen LogP contribution in [0.25, 0.3) is 0 Å². The number of fused-ring (bicyclic) bond motifs is 1. The van der Waals surface area contributed by atoms with Gasteiger partial charge in [-0.3, -0.25) is 24.0 Å². The number of carbonyl (C=O) groups is 6. The fourth-order valence-electron chi connectivity index (χ4n) is 6.22. The van der Waals surface area contributed by atoms with Crippen molar-refractivity contribution in [2.45, 2.75) is 97.7 Å². The highest BCUT2D eigenvalue weighted by atomic mass is 16.6. The summed E-state index contributed by atoms with van der Waals surface area (Å²) in [5, 5.41) is 12.3. The molecule has 0 unspecified atom stereocenters. The summed E-state index contributed by atoms with van der Waals surface area (Å²) in [5.74, 6) is -7.61. The van der Waals surface area contributed by atoms with Crippen LogP contribution in [0.2, 0.25) is 0 Å². The topological polar surface area (TPSA) is 160 Å². The SMILES string of the molecule is C=C1[C@H](OC(C)=O)[C@H]2[C@@H](OC(=O)c3ccccc3)[C@@H](C)C[C@]2(O)C(=O)[C@@H](C)/C=C/C(C)(C)C(=O)[C@H](OC(C)=O)[C@H]1OC(=O)CCC. The minimum absolute atomic E-state index is 0.0655. The van der Waals surface area contributed by atoms with Crippen LogP contribution in [0.4, 0.5) is 0 Å². The van der Waals surface area contributed by atoms with Crippen molar-refractivity contribution in [3.8, 4) is 0 Å². The summed E-state index contributed by atoms with van der Waals surface area (Å²) in [6.07, 6.45) is -3.24. The smallest absolute Gasteiger partial charge is 0.338 e. The number of carbonyl (C=O) groups excluding carboxylic acids is 6. The zero-order chi connectivity index (χ0) is 34.6. The molecule has 1 aromatic rings. The normalized spacial score (nSPS) is 31.8. The number of rotatable bonds is 7. The van der Waals surface area contributed by atoms with Crippen molar-refractivity contribution in [2.24, 2.45) is 23.2 Å². The first-order valence-corrected chi connectivity index (χ1v) is 15.4. The molecular formula is C35H44O11. The van der Waals surface area contributed by atoms with Crippen molar-refractivity contribution in [1.29, 1.82) is 0 Å². The lowest BCUT2D eigenvalue weighted by molar-refractivity contribution is -0.175. The maximum Gasteiger partial charge on any atom is 0.338 e. The molecule has 2 aliphatic rings. The molecule has 0 aromatic heterocycles. The van der Waals surface area contributed by atoms with Gasteiger partial charge in [0.1, 0.15) is 17.8 Å². The van der Waals surface area contributed by atoms with Crippen LogP contribution in [-0.4, -0.2) is 70.6 Å². The number of aliphatic hydroxyl groups is 1. The van der Waals surface area contributed by atoms with Crippen molar-refractivity contribution in [1.82, 2.24) is 0 Å². The lowest BCUT2D eigenvalue weighted by Gasteiger charge is -2.41. The van der Waals surface area contributed by atoms with Crippen LogP contribution in [0.3, 0.4) is 0 Å². The van der Waals surface area contributed by atoms with E-state index in [-0.39, 0.29) is 24.0 Å². The summed E-state index contributed by atoms with van der Waals surface area (Å²) in [4.78, 5) is 79.5. The molecule has 0 heterocycles. The van der Waals surface area contributed by atoms with E-state index >= 15 is 0 Å². The number of benzene rings is 1. The van der Waals surface area contributed by atoms with Crippen LogP contribution >= 0.6 is 0 Å². The van der Waals surface area contributed by atoms with Crippen LogP contribution in [0, 0.1) is 23.2 Å². The Morgan fingerprint density at radius 1 is 0.891 bits per heavy atom. The van der Waals surface area contributed by atoms with E-state index in [1.165, 1.54) is 38.1 Å². The Labute approximate surface area is 269 Å². The third-order valence-electron chi connectivity index (χ3n) is 8.52. The number of esters is 4. The molecule has 250 valence electrons. The van der Waals surface area contributed by atoms with E-state index in [9.17, 15) is 33.9 Å². The highest BCUT2D eigenvalue weighted by molar-refractivity contribution is 5.95. The maximum absolute atomic E-state index is 14.1. The van der Waals surface area contributed by atoms with E-state index in [2.05, 4.69) is 6.58 Å². The fourth-order valence-corrected chi connectivity index (χ4v) is 6.22. The molecule has 0 aliphatic heterocycles. The summed E-state index contributed by atoms with van der Waals surface area (Å²) in [6, 6.07) is 8.08. The Morgan fingerprint density at radius 2 is 1.48 bits per heavy atom. The number of Topliss-reactive ketones (excluding diaryl/α,β-unsaturated/α-hetero) is 2. The molecule has 3 rings (SSSR count). The van der Waals surface area contributed by atoms with E-state index < -0.39 is 88.6 Å². The second-order valence-electron chi connectivity index (χ2n) is 12.8. The van der Waals surface area contributed by atoms with Gasteiger partial charge < -0.3 is 24.1 Å². The number of ketones is 2. The summed E-state index contributed by atoms with van der Waals surface area (Å²) < 4.78 is 22.9. The summed E-state index contributed by atoms with van der Waals surface area (Å²) in [6.45, 7) is 14.3. The maximum atomic E-state index is 14.1. The molecule has 1 aromatic carbocycles. The average Bonchev–Trinajstić information content (AvgIpc) is 3.24. The van der Waals surface area contributed by atoms with Crippen molar-refractivity contribution >= 4 is 35.4 Å². The molecule has 1 fully saturated rings. The lowest BCUT2D eigenvalue weighted by atomic mass is 9.72. The molecule has 46 heavy (non-hydrogen) atoms. The Balaban J connectivity index is 2.33. The van der Waals surface area contributed by atoms with Gasteiger partial charge in [-0.05, 0) is 44.7 Å². The third kappa shape index (κ3) is 7.81. The predicted molar refractivity (Wildman–Crippen MR) is 165 cm³/mol. The Hall–Kier alpha value is -4.12. The van der Waals surface area contributed by atoms with Crippen LogP contribution in [0.1, 0.15) is 78.1 Å². The number of ether oxygens (including phenoxy) is 4. The minimum atomic E-state index is -2.24. The fraction of sp³-hybridized carbons (Fsp3) is 0.543. The molecule has 2 aliphatic carbocycles. The van der Waals surface area contributed by atoms with E-state index in [0.29, 0.717) is 6.42 Å². The predicted octanol–water partition coefficient (Wildman–Crippen LogP) is 4.10. The Kier molecular flexibility index (Phi) is 11.5. The minimum Gasteiger partial charge on any atom is -0.458 e. The van der Waals surface area contributed by atoms with Gasteiger partial charge in [-0.25, -0.2) is 4.79 Å². The molecular weight excluding hydrogens is 596 g/mol. The molecule has 11 heteroatoms. The van der Waals surface area contributed by atoms with Crippen molar-refractivity contribution < 1.29 is 52.8 Å². The first-order valence-electron chi connectivity index (χ1n) is 15.4. The number of hydrogen-bond donors (Lipinski definition) is 1. The van der Waals surface area contributed by atoms with Gasteiger partial charge >= 0.3 is 23.9 Å². The molecule has 0 bridgehead atoms. The van der Waals surface area contributed by atoms with E-state index in [1.54, 1.807) is 39.0 Å². The quantitative estimate of drug-likeness (QED) is 0.260. The van der Waals surface area contributed by atoms with Crippen LogP contribution in [0.15, 0.2) is 54.6 Å². The van der Waals surface area contributed by atoms with Crippen molar-refractivity contribution in [2.75, 3.05) is 0 Å². The summed E-state index contributed by atoms with van der Waals surface area (Å²) in [5.41, 5.74) is -3.63. The van der Waals surface area contributed by atoms with Crippen LogP contribution in [-0.2, 0) is 42.9 Å². The monoisotopic (exact) mass is 640 g/mol. The van der Waals surface area contributed by atoms with Gasteiger partial charge in [-0.1, -0.05) is 57.7 Å². The molecule has 8 atom stereocenters. The molecule has 0 saturated heterocycles. The van der Waals surface area contributed by atoms with Gasteiger partial charge in [0.05, 0.1) is 11.5 Å². The largest absolute Gasteiger partial charge is 0.458 e. The molecule has 11 nitrogen and oxygen atoms in total. The molecule has 0 amide bonds. The third-order valence-corrected chi connectivity index (χ3v) is 8.52. The zero-order valence-electron chi connectivity index (χ0n) is 27.4. The molecule has 1 saturated carbocycles.